The molecule has 2 heterocycles. The van der Waals surface area contributed by atoms with Crippen LogP contribution in [0.3, 0.4) is 0 Å². The predicted molar refractivity (Wildman–Crippen MR) is 97.8 cm³/mol. The number of benzene rings is 2. The van der Waals surface area contributed by atoms with Gasteiger partial charge < -0.3 is 10.8 Å². The Bertz CT molecular complexity index is 1160. The van der Waals surface area contributed by atoms with Crippen LogP contribution in [0, 0.1) is 0 Å². The van der Waals surface area contributed by atoms with Crippen LogP contribution in [0.1, 0.15) is 0 Å². The van der Waals surface area contributed by atoms with Crippen LogP contribution in [0.25, 0.3) is 27.7 Å². The highest BCUT2D eigenvalue weighted by Crippen LogP contribution is 2.26. The molecular formula is C19H16N4O2. The van der Waals surface area contributed by atoms with Crippen LogP contribution in [0.5, 0.6) is 5.75 Å². The summed E-state index contributed by atoms with van der Waals surface area (Å²) in [6.07, 6.45) is 3.17. The van der Waals surface area contributed by atoms with E-state index in [2.05, 4.69) is 11.2 Å². The van der Waals surface area contributed by atoms with Gasteiger partial charge in [0.15, 0.2) is 5.75 Å². The molecule has 4 aromatic rings. The number of nitrogen functional groups attached to an aromatic ring is 1. The van der Waals surface area contributed by atoms with E-state index in [4.69, 9.17) is 5.73 Å². The summed E-state index contributed by atoms with van der Waals surface area (Å²) in [5.74, 6) is -0.0713. The number of nitrogens with zero attached hydrogens (tertiary/aromatic N) is 3. The first-order valence-electron chi connectivity index (χ1n) is 7.76. The number of hydrogen-bond donors (Lipinski definition) is 2. The van der Waals surface area contributed by atoms with Crippen LogP contribution >= 0.6 is 0 Å². The quantitative estimate of drug-likeness (QED) is 0.591. The maximum Gasteiger partial charge on any atom is 0.225 e. The fourth-order valence-electron chi connectivity index (χ4n) is 2.92. The highest BCUT2D eigenvalue weighted by molar-refractivity contribution is 5.84. The molecule has 25 heavy (non-hydrogen) atoms. The van der Waals surface area contributed by atoms with Crippen LogP contribution in [0.4, 0.5) is 5.82 Å². The van der Waals surface area contributed by atoms with E-state index in [1.165, 1.54) is 12.3 Å². The Morgan fingerprint density at radius 3 is 2.72 bits per heavy atom. The van der Waals surface area contributed by atoms with E-state index in [9.17, 15) is 9.90 Å². The minimum Gasteiger partial charge on any atom is -0.503 e. The third kappa shape index (κ3) is 2.53. The monoisotopic (exact) mass is 332 g/mol. The molecule has 124 valence electrons. The number of fused-ring (bicyclic) bond motifs is 1. The van der Waals surface area contributed by atoms with Crippen LogP contribution in [-0.2, 0) is 7.05 Å². The average Bonchev–Trinajstić information content (AvgIpc) is 2.99. The first-order chi connectivity index (χ1) is 12.0. The van der Waals surface area contributed by atoms with Crippen molar-refractivity contribution in [3.05, 3.63) is 71.1 Å². The number of aromatic nitrogens is 3. The maximum absolute atomic E-state index is 11.5. The third-order valence-electron chi connectivity index (χ3n) is 4.27. The summed E-state index contributed by atoms with van der Waals surface area (Å²) < 4.78 is 3.42. The molecule has 0 fully saturated rings. The summed E-state index contributed by atoms with van der Waals surface area (Å²) in [7, 11) is 1.91. The van der Waals surface area contributed by atoms with Crippen molar-refractivity contribution in [1.82, 2.24) is 14.3 Å². The minimum atomic E-state index is -0.494. The van der Waals surface area contributed by atoms with Gasteiger partial charge >= 0.3 is 0 Å². The Labute approximate surface area is 143 Å². The maximum atomic E-state index is 11.5. The van der Waals surface area contributed by atoms with Gasteiger partial charge in [-0.1, -0.05) is 24.3 Å². The number of hydrogen-bond acceptors (Lipinski definition) is 4. The normalized spacial score (nSPS) is 11.1. The molecule has 6 heteroatoms. The SMILES string of the molecule is Cn1ncc2ccc(-c3cccc(-n4cc(O)c(=O)cc4N)c3)cc21. The Kier molecular flexibility index (Phi) is 3.32. The van der Waals surface area contributed by atoms with E-state index < -0.39 is 5.43 Å². The molecular weight excluding hydrogens is 316 g/mol. The molecule has 0 aliphatic rings. The van der Waals surface area contributed by atoms with E-state index in [-0.39, 0.29) is 11.6 Å². The number of aryl methyl sites for hydroxylation is 1. The van der Waals surface area contributed by atoms with Crippen molar-refractivity contribution in [3.8, 4) is 22.6 Å². The van der Waals surface area contributed by atoms with Gasteiger partial charge in [-0.3, -0.25) is 14.0 Å². The zero-order valence-electron chi connectivity index (χ0n) is 13.5. The van der Waals surface area contributed by atoms with Crippen molar-refractivity contribution in [2.45, 2.75) is 0 Å². The molecule has 4 rings (SSSR count). The van der Waals surface area contributed by atoms with Crippen molar-refractivity contribution in [3.63, 3.8) is 0 Å². The Morgan fingerprint density at radius 2 is 1.88 bits per heavy atom. The van der Waals surface area contributed by atoms with Crippen LogP contribution in [0.2, 0.25) is 0 Å². The van der Waals surface area contributed by atoms with Crippen LogP contribution in [0.15, 0.2) is 65.7 Å². The van der Waals surface area contributed by atoms with Gasteiger partial charge in [0.25, 0.3) is 0 Å². The highest BCUT2D eigenvalue weighted by atomic mass is 16.3. The summed E-state index contributed by atoms with van der Waals surface area (Å²) in [6, 6.07) is 15.1. The van der Waals surface area contributed by atoms with E-state index in [0.29, 0.717) is 0 Å². The topological polar surface area (TPSA) is 86.1 Å². The van der Waals surface area contributed by atoms with E-state index in [1.54, 1.807) is 4.57 Å². The molecule has 0 bridgehead atoms. The minimum absolute atomic E-state index is 0.266. The van der Waals surface area contributed by atoms with E-state index in [1.807, 2.05) is 54.3 Å². The molecule has 0 aliphatic heterocycles. The summed E-state index contributed by atoms with van der Waals surface area (Å²) >= 11 is 0. The van der Waals surface area contributed by atoms with Gasteiger partial charge in [0.05, 0.1) is 17.9 Å². The summed E-state index contributed by atoms with van der Waals surface area (Å²) in [5, 5.41) is 15.0. The van der Waals surface area contributed by atoms with Gasteiger partial charge in [0, 0.05) is 24.2 Å². The lowest BCUT2D eigenvalue weighted by Crippen LogP contribution is -2.10. The van der Waals surface area contributed by atoms with E-state index in [0.717, 1.165) is 27.7 Å². The molecule has 0 amide bonds. The van der Waals surface area contributed by atoms with Gasteiger partial charge in [-0.25, -0.2) is 0 Å². The standard InChI is InChI=1S/C19H16N4O2/c1-22-16-8-13(5-6-14(16)10-21-22)12-3-2-4-15(7-12)23-11-18(25)17(24)9-19(23)20/h2-11,25H,20H2,1H3. The summed E-state index contributed by atoms with van der Waals surface area (Å²) in [5.41, 5.74) is 9.28. The Hall–Kier alpha value is -3.54. The molecule has 2 aromatic heterocycles. The summed E-state index contributed by atoms with van der Waals surface area (Å²) in [4.78, 5) is 11.5. The molecule has 0 aliphatic carbocycles. The molecule has 0 spiro atoms. The van der Waals surface area contributed by atoms with Crippen LogP contribution in [-0.4, -0.2) is 19.5 Å². The molecule has 0 saturated carbocycles. The number of nitrogens with two attached hydrogens (primary N) is 1. The zero-order chi connectivity index (χ0) is 17.6. The van der Waals surface area contributed by atoms with Crippen LogP contribution < -0.4 is 11.2 Å². The molecule has 0 radical (unpaired) electrons. The second-order valence-electron chi connectivity index (χ2n) is 5.91. The van der Waals surface area contributed by atoms with Gasteiger partial charge in [0.1, 0.15) is 5.82 Å². The fraction of sp³-hybridized carbons (Fsp3) is 0.0526. The zero-order valence-corrected chi connectivity index (χ0v) is 13.5. The second-order valence-corrected chi connectivity index (χ2v) is 5.91. The lowest BCUT2D eigenvalue weighted by atomic mass is 10.0. The molecule has 6 nitrogen and oxygen atoms in total. The van der Waals surface area contributed by atoms with Gasteiger partial charge in [0.2, 0.25) is 5.43 Å². The van der Waals surface area contributed by atoms with Crippen molar-refractivity contribution in [1.29, 1.82) is 0 Å². The third-order valence-corrected chi connectivity index (χ3v) is 4.27. The molecule has 0 saturated heterocycles. The Morgan fingerprint density at radius 1 is 1.08 bits per heavy atom. The van der Waals surface area contributed by atoms with Crippen molar-refractivity contribution in [2.75, 3.05) is 5.73 Å². The van der Waals surface area contributed by atoms with Crippen molar-refractivity contribution < 1.29 is 5.11 Å². The molecule has 0 unspecified atom stereocenters. The number of rotatable bonds is 2. The van der Waals surface area contributed by atoms with Crippen molar-refractivity contribution in [2.24, 2.45) is 7.05 Å². The molecule has 3 N–H and O–H groups in total. The smallest absolute Gasteiger partial charge is 0.225 e. The van der Waals surface area contributed by atoms with Gasteiger partial charge in [-0.05, 0) is 29.3 Å². The first-order valence-corrected chi connectivity index (χ1v) is 7.76. The summed E-state index contributed by atoms with van der Waals surface area (Å²) in [6.45, 7) is 0. The van der Waals surface area contributed by atoms with Crippen molar-refractivity contribution >= 4 is 16.7 Å². The molecule has 0 atom stereocenters. The largest absolute Gasteiger partial charge is 0.503 e. The van der Waals surface area contributed by atoms with Gasteiger partial charge in [-0.2, -0.15) is 5.10 Å². The number of aromatic hydroxyl groups is 1. The van der Waals surface area contributed by atoms with Gasteiger partial charge in [-0.15, -0.1) is 0 Å². The highest BCUT2D eigenvalue weighted by Gasteiger charge is 2.08. The number of anilines is 1. The second kappa shape index (κ2) is 5.52. The fourth-order valence-corrected chi connectivity index (χ4v) is 2.92. The predicted octanol–water partition coefficient (Wildman–Crippen LogP) is 2.68. The molecule has 2 aromatic carbocycles. The average molecular weight is 332 g/mol. The van der Waals surface area contributed by atoms with E-state index >= 15 is 0 Å². The lowest BCUT2D eigenvalue weighted by Gasteiger charge is -2.12. The Balaban J connectivity index is 1.85. The first kappa shape index (κ1) is 15.0. The number of pyridine rings is 1. The lowest BCUT2D eigenvalue weighted by molar-refractivity contribution is 0.466.